The van der Waals surface area contributed by atoms with Gasteiger partial charge in [0.15, 0.2) is 11.5 Å². The van der Waals surface area contributed by atoms with Crippen molar-refractivity contribution in [1.82, 2.24) is 0 Å². The number of methoxy groups -OCH3 is 7. The standard InChI is InChI=1S/C49H40O17/c1-58-33-10-27(11-34(22-33)59-2)45(54)43(52)25-8-31(50)20-37(14-25)65-39-16-29(47(56)48(57)30-18-41(62-5)49(64-7)42(19-30)63-6)17-40(24-39)66-38-15-26(9-32(51)21-38)44(53)46(55)28-12-35(60-3)23-36(13-28)61-4/h8-24,50-51H,1-7H3. The molecule has 17 nitrogen and oxygen atoms in total. The second kappa shape index (κ2) is 20.1. The van der Waals surface area contributed by atoms with Crippen molar-refractivity contribution in [2.45, 2.75) is 0 Å². The molecule has 0 radical (unpaired) electrons. The van der Waals surface area contributed by atoms with Crippen molar-refractivity contribution in [3.63, 3.8) is 0 Å². The van der Waals surface area contributed by atoms with Gasteiger partial charge in [-0.3, -0.25) is 28.8 Å². The first-order chi connectivity index (χ1) is 31.6. The maximum atomic E-state index is 14.1. The maximum Gasteiger partial charge on any atom is 0.233 e. The van der Waals surface area contributed by atoms with E-state index in [-0.39, 0.29) is 96.6 Å². The molecule has 6 rings (SSSR count). The molecule has 0 saturated heterocycles. The van der Waals surface area contributed by atoms with Gasteiger partial charge in [0.1, 0.15) is 57.5 Å². The lowest BCUT2D eigenvalue weighted by atomic mass is 10.00. The molecular formula is C49H40O17. The highest BCUT2D eigenvalue weighted by Crippen LogP contribution is 2.40. The zero-order valence-electron chi connectivity index (χ0n) is 36.3. The van der Waals surface area contributed by atoms with Gasteiger partial charge in [0.25, 0.3) is 0 Å². The molecule has 0 spiro atoms. The minimum atomic E-state index is -1.09. The van der Waals surface area contributed by atoms with Crippen molar-refractivity contribution in [3.05, 3.63) is 137 Å². The molecule has 0 saturated carbocycles. The molecule has 0 fully saturated rings. The SMILES string of the molecule is COc1cc(OC)cc(C(=O)C(=O)c2cc(O)cc(Oc3cc(Oc4cc(O)cc(C(=O)C(=O)c5cc(OC)cc(OC)c5)c4)cc(C(=O)C(=O)c4cc(OC)c(OC)c(OC)c4)c3)c2)c1. The number of carbonyl (C=O) groups is 6. The Labute approximate surface area is 376 Å². The fraction of sp³-hybridized carbons (Fsp3) is 0.143. The third kappa shape index (κ3) is 10.3. The molecule has 0 heterocycles. The highest BCUT2D eigenvalue weighted by atomic mass is 16.5. The minimum Gasteiger partial charge on any atom is -0.508 e. The Bertz CT molecular complexity index is 2700. The summed E-state index contributed by atoms with van der Waals surface area (Å²) in [7, 11) is 9.52. The number of ether oxygens (including phenoxy) is 9. The molecule has 0 atom stereocenters. The maximum absolute atomic E-state index is 14.1. The van der Waals surface area contributed by atoms with Gasteiger partial charge in [0.05, 0.1) is 49.8 Å². The highest BCUT2D eigenvalue weighted by molar-refractivity contribution is 6.50. The number of Topliss-reactive ketones (excluding diaryl/α,β-unsaturated/α-hetero) is 6. The first-order valence-electron chi connectivity index (χ1n) is 19.3. The lowest BCUT2D eigenvalue weighted by Gasteiger charge is -2.15. The van der Waals surface area contributed by atoms with E-state index in [2.05, 4.69) is 0 Å². The Morgan fingerprint density at radius 1 is 0.288 bits per heavy atom. The van der Waals surface area contributed by atoms with Gasteiger partial charge >= 0.3 is 0 Å². The number of phenolic OH excluding ortho intramolecular Hbond substituents is 2. The Morgan fingerprint density at radius 2 is 0.530 bits per heavy atom. The zero-order valence-corrected chi connectivity index (χ0v) is 36.3. The van der Waals surface area contributed by atoms with Crippen molar-refractivity contribution in [1.29, 1.82) is 0 Å². The van der Waals surface area contributed by atoms with E-state index in [9.17, 15) is 39.0 Å². The predicted molar refractivity (Wildman–Crippen MR) is 234 cm³/mol. The zero-order chi connectivity index (χ0) is 47.8. The Balaban J connectivity index is 1.39. The van der Waals surface area contributed by atoms with Crippen LogP contribution in [-0.2, 0) is 0 Å². The quantitative estimate of drug-likeness (QED) is 0.0547. The van der Waals surface area contributed by atoms with Crippen molar-refractivity contribution in [3.8, 4) is 74.7 Å². The number of hydrogen-bond donors (Lipinski definition) is 2. The summed E-state index contributed by atoms with van der Waals surface area (Å²) in [6, 6.07) is 21.2. The summed E-state index contributed by atoms with van der Waals surface area (Å²) in [6.45, 7) is 0. The summed E-state index contributed by atoms with van der Waals surface area (Å²) in [6.07, 6.45) is 0. The van der Waals surface area contributed by atoms with Gasteiger partial charge in [-0.2, -0.15) is 0 Å². The van der Waals surface area contributed by atoms with E-state index >= 15 is 0 Å². The topological polar surface area (TPSA) is 226 Å². The summed E-state index contributed by atoms with van der Waals surface area (Å²) >= 11 is 0. The number of hydrogen-bond acceptors (Lipinski definition) is 17. The van der Waals surface area contributed by atoms with Gasteiger partial charge in [-0.15, -0.1) is 0 Å². The number of benzene rings is 6. The second-order valence-electron chi connectivity index (χ2n) is 13.9. The van der Waals surface area contributed by atoms with E-state index in [0.29, 0.717) is 0 Å². The van der Waals surface area contributed by atoms with E-state index < -0.39 is 46.2 Å². The number of aromatic hydroxyl groups is 2. The second-order valence-corrected chi connectivity index (χ2v) is 13.9. The number of carbonyl (C=O) groups excluding carboxylic acids is 6. The molecule has 0 aliphatic heterocycles. The van der Waals surface area contributed by atoms with Crippen molar-refractivity contribution in [2.24, 2.45) is 0 Å². The molecule has 0 amide bonds. The van der Waals surface area contributed by atoms with Crippen LogP contribution in [-0.4, -0.2) is 94.7 Å². The Kier molecular flexibility index (Phi) is 14.2. The summed E-state index contributed by atoms with van der Waals surface area (Å²) < 4.78 is 49.0. The average Bonchev–Trinajstić information content (AvgIpc) is 3.33. The van der Waals surface area contributed by atoms with Crippen molar-refractivity contribution in [2.75, 3.05) is 49.8 Å². The molecule has 0 aliphatic carbocycles. The summed E-state index contributed by atoms with van der Waals surface area (Å²) in [5, 5.41) is 21.4. The normalized spacial score (nSPS) is 10.5. The molecular weight excluding hydrogens is 861 g/mol. The fourth-order valence-corrected chi connectivity index (χ4v) is 6.52. The van der Waals surface area contributed by atoms with E-state index in [1.807, 2.05) is 0 Å². The molecule has 17 heteroatoms. The lowest BCUT2D eigenvalue weighted by molar-refractivity contribution is 0.0816. The van der Waals surface area contributed by atoms with Crippen molar-refractivity contribution < 1.29 is 81.6 Å². The summed E-state index contributed by atoms with van der Waals surface area (Å²) in [5.41, 5.74) is -1.14. The lowest BCUT2D eigenvalue weighted by Crippen LogP contribution is -2.15. The molecule has 66 heavy (non-hydrogen) atoms. The van der Waals surface area contributed by atoms with Gasteiger partial charge in [-0.05, 0) is 72.8 Å². The first-order valence-corrected chi connectivity index (χ1v) is 19.3. The van der Waals surface area contributed by atoms with Crippen LogP contribution < -0.4 is 42.6 Å². The smallest absolute Gasteiger partial charge is 0.233 e. The largest absolute Gasteiger partial charge is 0.508 e. The van der Waals surface area contributed by atoms with Crippen LogP contribution >= 0.6 is 0 Å². The molecule has 2 N–H and O–H groups in total. The van der Waals surface area contributed by atoms with Crippen LogP contribution in [0.15, 0.2) is 103 Å². The third-order valence-electron chi connectivity index (χ3n) is 9.69. The molecule has 0 bridgehead atoms. The van der Waals surface area contributed by atoms with Gasteiger partial charge in [0.2, 0.25) is 40.4 Å². The number of rotatable bonds is 20. The summed E-state index contributed by atoms with van der Waals surface area (Å²) in [5.74, 6) is -6.53. The monoisotopic (exact) mass is 900 g/mol. The molecule has 338 valence electrons. The van der Waals surface area contributed by atoms with Gasteiger partial charge < -0.3 is 52.8 Å². The van der Waals surface area contributed by atoms with Crippen LogP contribution in [0.2, 0.25) is 0 Å². The fourth-order valence-electron chi connectivity index (χ4n) is 6.52. The predicted octanol–water partition coefficient (Wildman–Crippen LogP) is 7.94. The Morgan fingerprint density at radius 3 is 0.803 bits per heavy atom. The molecule has 6 aromatic rings. The van der Waals surface area contributed by atoms with Crippen LogP contribution in [0.4, 0.5) is 0 Å². The minimum absolute atomic E-state index is 0.0616. The van der Waals surface area contributed by atoms with E-state index in [1.165, 1.54) is 116 Å². The number of ketones is 6. The molecule has 0 unspecified atom stereocenters. The number of phenols is 2. The van der Waals surface area contributed by atoms with Crippen molar-refractivity contribution >= 4 is 34.7 Å². The van der Waals surface area contributed by atoms with Gasteiger partial charge in [-0.25, -0.2) is 0 Å². The van der Waals surface area contributed by atoms with E-state index in [0.717, 1.165) is 36.4 Å². The highest BCUT2D eigenvalue weighted by Gasteiger charge is 2.27. The van der Waals surface area contributed by atoms with Crippen LogP contribution in [0.1, 0.15) is 62.1 Å². The Hall–Kier alpha value is -8.86. The van der Waals surface area contributed by atoms with E-state index in [1.54, 1.807) is 0 Å². The average molecular weight is 901 g/mol. The van der Waals surface area contributed by atoms with Gasteiger partial charge in [-0.1, -0.05) is 0 Å². The third-order valence-corrected chi connectivity index (χ3v) is 9.69. The molecule has 0 aromatic heterocycles. The summed E-state index contributed by atoms with van der Waals surface area (Å²) in [4.78, 5) is 81.7. The van der Waals surface area contributed by atoms with Crippen LogP contribution in [0.25, 0.3) is 0 Å². The first kappa shape index (κ1) is 46.6. The van der Waals surface area contributed by atoms with Crippen LogP contribution in [0, 0.1) is 0 Å². The van der Waals surface area contributed by atoms with E-state index in [4.69, 9.17) is 42.6 Å². The molecule has 0 aliphatic rings. The van der Waals surface area contributed by atoms with Gasteiger partial charge in [0, 0.05) is 63.7 Å². The van der Waals surface area contributed by atoms with Crippen LogP contribution in [0.5, 0.6) is 74.7 Å². The van der Waals surface area contributed by atoms with Crippen LogP contribution in [0.3, 0.4) is 0 Å². The molecule has 6 aromatic carbocycles.